The lowest BCUT2D eigenvalue weighted by molar-refractivity contribution is -0.126. The van der Waals surface area contributed by atoms with E-state index in [2.05, 4.69) is 20.5 Å². The van der Waals surface area contributed by atoms with E-state index in [1.165, 1.54) is 7.11 Å². The number of nitrogens with one attached hydrogen (secondary N) is 1. The monoisotopic (exact) mass is 327 g/mol. The van der Waals surface area contributed by atoms with Crippen LogP contribution in [-0.2, 0) is 22.7 Å². The SMILES string of the molecule is COc1nccn2c(CNC(=O)COCc3ccccc3)nnc12. The van der Waals surface area contributed by atoms with Crippen LogP contribution in [0.5, 0.6) is 5.88 Å². The highest BCUT2D eigenvalue weighted by Crippen LogP contribution is 2.13. The quantitative estimate of drug-likeness (QED) is 0.695. The Morgan fingerprint density at radius 3 is 2.88 bits per heavy atom. The summed E-state index contributed by atoms with van der Waals surface area (Å²) in [6.45, 7) is 0.614. The maximum Gasteiger partial charge on any atom is 0.260 e. The predicted molar refractivity (Wildman–Crippen MR) is 85.3 cm³/mol. The molecular weight excluding hydrogens is 310 g/mol. The van der Waals surface area contributed by atoms with Crippen molar-refractivity contribution in [3.63, 3.8) is 0 Å². The van der Waals surface area contributed by atoms with E-state index in [1.54, 1.807) is 16.8 Å². The van der Waals surface area contributed by atoms with Crippen LogP contribution in [0.4, 0.5) is 0 Å². The van der Waals surface area contributed by atoms with Gasteiger partial charge in [-0.15, -0.1) is 10.2 Å². The van der Waals surface area contributed by atoms with Crippen molar-refractivity contribution in [1.29, 1.82) is 0 Å². The number of fused-ring (bicyclic) bond motifs is 1. The number of aromatic nitrogens is 4. The third-order valence-corrected chi connectivity index (χ3v) is 3.35. The molecule has 1 N–H and O–H groups in total. The summed E-state index contributed by atoms with van der Waals surface area (Å²) < 4.78 is 12.2. The van der Waals surface area contributed by atoms with Crippen molar-refractivity contribution in [3.8, 4) is 5.88 Å². The number of hydrogen-bond donors (Lipinski definition) is 1. The Kier molecular flexibility index (Phi) is 4.97. The zero-order valence-corrected chi connectivity index (χ0v) is 13.2. The van der Waals surface area contributed by atoms with Gasteiger partial charge in [-0.1, -0.05) is 30.3 Å². The summed E-state index contributed by atoms with van der Waals surface area (Å²) in [6.07, 6.45) is 3.30. The third kappa shape index (κ3) is 3.66. The Hall–Kier alpha value is -3.00. The molecule has 1 aromatic carbocycles. The van der Waals surface area contributed by atoms with E-state index < -0.39 is 0 Å². The Morgan fingerprint density at radius 1 is 1.25 bits per heavy atom. The van der Waals surface area contributed by atoms with Crippen molar-refractivity contribution in [1.82, 2.24) is 24.9 Å². The Labute approximate surface area is 138 Å². The standard InChI is InChI=1S/C16H17N5O3/c1-23-16-15-20-19-13(21(15)8-7-17-16)9-18-14(22)11-24-10-12-5-3-2-4-6-12/h2-8H,9-11H2,1H3,(H,18,22). The molecule has 3 aromatic rings. The summed E-state index contributed by atoms with van der Waals surface area (Å²) >= 11 is 0. The highest BCUT2D eigenvalue weighted by molar-refractivity contribution is 5.77. The van der Waals surface area contributed by atoms with Crippen molar-refractivity contribution in [3.05, 3.63) is 54.1 Å². The molecule has 0 bridgehead atoms. The van der Waals surface area contributed by atoms with Crippen LogP contribution in [0.15, 0.2) is 42.7 Å². The molecule has 0 aliphatic carbocycles. The van der Waals surface area contributed by atoms with E-state index in [-0.39, 0.29) is 19.1 Å². The average molecular weight is 327 g/mol. The summed E-state index contributed by atoms with van der Waals surface area (Å²) in [6, 6.07) is 9.68. The van der Waals surface area contributed by atoms with Crippen LogP contribution < -0.4 is 10.1 Å². The van der Waals surface area contributed by atoms with Gasteiger partial charge in [-0.3, -0.25) is 9.20 Å². The first kappa shape index (κ1) is 15.9. The summed E-state index contributed by atoms with van der Waals surface area (Å²) in [5.74, 6) is 0.750. The van der Waals surface area contributed by atoms with Crippen LogP contribution in [0.2, 0.25) is 0 Å². The second kappa shape index (κ2) is 7.51. The summed E-state index contributed by atoms with van der Waals surface area (Å²) in [5, 5.41) is 10.8. The van der Waals surface area contributed by atoms with Crippen LogP contribution >= 0.6 is 0 Å². The van der Waals surface area contributed by atoms with E-state index >= 15 is 0 Å². The Balaban J connectivity index is 1.51. The molecule has 0 unspecified atom stereocenters. The van der Waals surface area contributed by atoms with Gasteiger partial charge in [-0.05, 0) is 5.56 Å². The van der Waals surface area contributed by atoms with Gasteiger partial charge in [0.05, 0.1) is 20.3 Å². The van der Waals surface area contributed by atoms with E-state index in [0.717, 1.165) is 5.56 Å². The van der Waals surface area contributed by atoms with Gasteiger partial charge >= 0.3 is 0 Å². The lowest BCUT2D eigenvalue weighted by Gasteiger charge is -2.06. The van der Waals surface area contributed by atoms with Gasteiger partial charge in [0.2, 0.25) is 11.6 Å². The topological polar surface area (TPSA) is 90.6 Å². The maximum atomic E-state index is 11.9. The van der Waals surface area contributed by atoms with Gasteiger partial charge < -0.3 is 14.8 Å². The number of nitrogens with zero attached hydrogens (tertiary/aromatic N) is 4. The van der Waals surface area contributed by atoms with Crippen LogP contribution in [0.25, 0.3) is 5.65 Å². The molecule has 0 atom stereocenters. The normalized spacial score (nSPS) is 10.7. The van der Waals surface area contributed by atoms with Crippen molar-refractivity contribution >= 4 is 11.6 Å². The van der Waals surface area contributed by atoms with Crippen molar-refractivity contribution in [2.24, 2.45) is 0 Å². The van der Waals surface area contributed by atoms with Crippen LogP contribution in [0.3, 0.4) is 0 Å². The molecule has 3 rings (SSSR count). The molecule has 1 amide bonds. The van der Waals surface area contributed by atoms with Crippen LogP contribution in [0.1, 0.15) is 11.4 Å². The Bertz CT molecular complexity index is 819. The largest absolute Gasteiger partial charge is 0.478 e. The number of carbonyl (C=O) groups is 1. The zero-order chi connectivity index (χ0) is 16.8. The van der Waals surface area contributed by atoms with E-state index in [9.17, 15) is 4.79 Å². The van der Waals surface area contributed by atoms with Gasteiger partial charge in [0, 0.05) is 12.4 Å². The molecule has 0 aliphatic heterocycles. The summed E-state index contributed by atoms with van der Waals surface area (Å²) in [4.78, 5) is 15.9. The number of rotatable bonds is 7. The summed E-state index contributed by atoms with van der Waals surface area (Å²) in [7, 11) is 1.52. The first-order valence-corrected chi connectivity index (χ1v) is 7.39. The predicted octanol–water partition coefficient (Wildman–Crippen LogP) is 0.966. The number of ether oxygens (including phenoxy) is 2. The molecule has 8 heteroatoms. The van der Waals surface area contributed by atoms with Crippen molar-refractivity contribution < 1.29 is 14.3 Å². The minimum absolute atomic E-state index is 0.0174. The van der Waals surface area contributed by atoms with E-state index in [0.29, 0.717) is 24.0 Å². The number of carbonyl (C=O) groups excluding carboxylic acids is 1. The third-order valence-electron chi connectivity index (χ3n) is 3.35. The minimum atomic E-state index is -0.219. The number of hydrogen-bond acceptors (Lipinski definition) is 6. The van der Waals surface area contributed by atoms with E-state index in [1.807, 2.05) is 30.3 Å². The van der Waals surface area contributed by atoms with Gasteiger partial charge in [-0.2, -0.15) is 0 Å². The van der Waals surface area contributed by atoms with Gasteiger partial charge in [0.15, 0.2) is 5.82 Å². The first-order chi connectivity index (χ1) is 11.8. The van der Waals surface area contributed by atoms with Crippen LogP contribution in [-0.4, -0.2) is 39.2 Å². The molecule has 2 aromatic heterocycles. The molecule has 8 nitrogen and oxygen atoms in total. The van der Waals surface area contributed by atoms with Crippen molar-refractivity contribution in [2.75, 3.05) is 13.7 Å². The molecule has 0 saturated carbocycles. The lowest BCUT2D eigenvalue weighted by atomic mass is 10.2. The molecule has 0 saturated heterocycles. The lowest BCUT2D eigenvalue weighted by Crippen LogP contribution is -2.28. The molecule has 0 radical (unpaired) electrons. The minimum Gasteiger partial charge on any atom is -0.478 e. The number of benzene rings is 1. The fraction of sp³-hybridized carbons (Fsp3) is 0.250. The molecular formula is C16H17N5O3. The molecule has 2 heterocycles. The smallest absolute Gasteiger partial charge is 0.260 e. The molecule has 24 heavy (non-hydrogen) atoms. The molecule has 0 spiro atoms. The molecule has 124 valence electrons. The fourth-order valence-electron chi connectivity index (χ4n) is 2.18. The fourth-order valence-corrected chi connectivity index (χ4v) is 2.18. The number of amides is 1. The molecule has 0 aliphatic rings. The summed E-state index contributed by atoms with van der Waals surface area (Å²) in [5.41, 5.74) is 1.53. The highest BCUT2D eigenvalue weighted by atomic mass is 16.5. The highest BCUT2D eigenvalue weighted by Gasteiger charge is 2.11. The van der Waals surface area contributed by atoms with Crippen LogP contribution in [0, 0.1) is 0 Å². The number of methoxy groups -OCH3 is 1. The molecule has 0 fully saturated rings. The first-order valence-electron chi connectivity index (χ1n) is 7.39. The average Bonchev–Trinajstić information content (AvgIpc) is 3.04. The second-order valence-electron chi connectivity index (χ2n) is 5.00. The van der Waals surface area contributed by atoms with E-state index in [4.69, 9.17) is 9.47 Å². The second-order valence-corrected chi connectivity index (χ2v) is 5.00. The maximum absolute atomic E-state index is 11.9. The van der Waals surface area contributed by atoms with Gasteiger partial charge in [0.25, 0.3) is 5.88 Å². The Morgan fingerprint density at radius 2 is 2.08 bits per heavy atom. The van der Waals surface area contributed by atoms with Gasteiger partial charge in [-0.25, -0.2) is 4.98 Å². The zero-order valence-electron chi connectivity index (χ0n) is 13.2. The van der Waals surface area contributed by atoms with Gasteiger partial charge in [0.1, 0.15) is 6.61 Å². The van der Waals surface area contributed by atoms with Crippen molar-refractivity contribution in [2.45, 2.75) is 13.2 Å².